The second-order valence-corrected chi connectivity index (χ2v) is 6.01. The number of ether oxygens (including phenoxy) is 1. The minimum atomic E-state index is -1.06. The average Bonchev–Trinajstić information content (AvgIpc) is 3.01. The van der Waals surface area contributed by atoms with Gasteiger partial charge in [0, 0.05) is 26.1 Å². The summed E-state index contributed by atoms with van der Waals surface area (Å²) in [5.74, 6) is 2.00. The fourth-order valence-electron chi connectivity index (χ4n) is 3.03. The second-order valence-electron chi connectivity index (χ2n) is 6.01. The maximum atomic E-state index is 14.2. The second kappa shape index (κ2) is 6.16. The Morgan fingerprint density at radius 2 is 2.27 bits per heavy atom. The Hall–Kier alpha value is -1.75. The van der Waals surface area contributed by atoms with Gasteiger partial charge in [0.1, 0.15) is 0 Å². The van der Waals surface area contributed by atoms with E-state index in [9.17, 15) is 4.39 Å². The predicted octanol–water partition coefficient (Wildman–Crippen LogP) is 3.67. The van der Waals surface area contributed by atoms with Gasteiger partial charge in [-0.25, -0.2) is 14.1 Å². The summed E-state index contributed by atoms with van der Waals surface area (Å²) in [7, 11) is 1.70. The van der Waals surface area contributed by atoms with E-state index < -0.39 is 6.17 Å². The monoisotopic (exact) mass is 303 g/mol. The molecule has 2 aliphatic rings. The third-order valence-electron chi connectivity index (χ3n) is 4.36. The van der Waals surface area contributed by atoms with Gasteiger partial charge in [0.05, 0.1) is 6.04 Å². The zero-order chi connectivity index (χ0) is 15.7. The summed E-state index contributed by atoms with van der Waals surface area (Å²) in [6.07, 6.45) is 8.05. The van der Waals surface area contributed by atoms with Crippen LogP contribution in [-0.4, -0.2) is 28.5 Å². The molecule has 0 amide bonds. The molecule has 2 heterocycles. The van der Waals surface area contributed by atoms with Gasteiger partial charge in [-0.15, -0.1) is 0 Å². The molecule has 1 saturated carbocycles. The third kappa shape index (κ3) is 2.77. The lowest BCUT2D eigenvalue weighted by Gasteiger charge is -2.11. The number of halogens is 1. The number of allylic oxidation sites excluding steroid dienone is 5. The first-order chi connectivity index (χ1) is 10.7. The Kier molecular flexibility index (Phi) is 4.25. The quantitative estimate of drug-likeness (QED) is 0.753. The van der Waals surface area contributed by atoms with Crippen molar-refractivity contribution in [2.45, 2.75) is 37.9 Å². The molecule has 0 aromatic carbocycles. The van der Waals surface area contributed by atoms with Gasteiger partial charge in [0.15, 0.2) is 17.8 Å². The summed E-state index contributed by atoms with van der Waals surface area (Å²) in [5, 5.41) is 4.56. The topological polar surface area (TPSA) is 39.9 Å². The Labute approximate surface area is 130 Å². The molecule has 3 rings (SSSR count). The summed E-state index contributed by atoms with van der Waals surface area (Å²) >= 11 is 0. The Bertz CT molecular complexity index is 619. The van der Waals surface area contributed by atoms with Crippen molar-refractivity contribution in [1.82, 2.24) is 14.8 Å². The van der Waals surface area contributed by atoms with Crippen LogP contribution in [0.1, 0.15) is 49.5 Å². The number of hydrogen-bond donors (Lipinski definition) is 0. The third-order valence-corrected chi connectivity index (χ3v) is 4.36. The highest BCUT2D eigenvalue weighted by atomic mass is 19.1. The van der Waals surface area contributed by atoms with Gasteiger partial charge < -0.3 is 4.74 Å². The van der Waals surface area contributed by atoms with Gasteiger partial charge in [-0.1, -0.05) is 30.9 Å². The van der Waals surface area contributed by atoms with Crippen molar-refractivity contribution in [2.75, 3.05) is 13.7 Å². The lowest BCUT2D eigenvalue weighted by Crippen LogP contribution is -2.07. The molecule has 0 spiro atoms. The zero-order valence-electron chi connectivity index (χ0n) is 13.1. The van der Waals surface area contributed by atoms with E-state index in [1.54, 1.807) is 11.8 Å². The Morgan fingerprint density at radius 1 is 1.45 bits per heavy atom. The number of alkyl halides is 1. The molecule has 1 aliphatic heterocycles. The lowest BCUT2D eigenvalue weighted by atomic mass is 10.1. The minimum absolute atomic E-state index is 0.132. The number of nitrogens with zero attached hydrogens (tertiary/aromatic N) is 3. The normalized spacial score (nSPS) is 30.3. The van der Waals surface area contributed by atoms with Crippen LogP contribution in [-0.2, 0) is 4.74 Å². The molecule has 0 N–H and O–H groups in total. The number of aromatic nitrogens is 3. The van der Waals surface area contributed by atoms with E-state index in [2.05, 4.69) is 16.7 Å². The van der Waals surface area contributed by atoms with Crippen molar-refractivity contribution >= 4 is 0 Å². The first-order valence-electron chi connectivity index (χ1n) is 7.73. The average molecular weight is 303 g/mol. The first-order valence-corrected chi connectivity index (χ1v) is 7.73. The van der Waals surface area contributed by atoms with Crippen molar-refractivity contribution in [2.24, 2.45) is 5.92 Å². The molecule has 1 fully saturated rings. The molecule has 1 aromatic heterocycles. The zero-order valence-corrected chi connectivity index (χ0v) is 13.1. The van der Waals surface area contributed by atoms with Gasteiger partial charge in [-0.3, -0.25) is 0 Å². The maximum Gasteiger partial charge on any atom is 0.162 e. The van der Waals surface area contributed by atoms with E-state index in [-0.39, 0.29) is 6.04 Å². The molecule has 4 atom stereocenters. The molecule has 1 aliphatic carbocycles. The van der Waals surface area contributed by atoms with Crippen LogP contribution in [0.25, 0.3) is 0 Å². The lowest BCUT2D eigenvalue weighted by molar-refractivity contribution is 0.184. The highest BCUT2D eigenvalue weighted by molar-refractivity contribution is 5.27. The molecular formula is C17H22FN3O. The van der Waals surface area contributed by atoms with Gasteiger partial charge in [0.25, 0.3) is 0 Å². The van der Waals surface area contributed by atoms with Crippen LogP contribution in [0, 0.1) is 5.92 Å². The molecule has 0 saturated heterocycles. The molecule has 0 unspecified atom stereocenters. The van der Waals surface area contributed by atoms with Crippen LogP contribution in [0.15, 0.2) is 36.5 Å². The van der Waals surface area contributed by atoms with Crippen LogP contribution < -0.4 is 0 Å². The number of methoxy groups -OCH3 is 1. The standard InChI is InChI=1S/C17H22FN3O/c1-4-5-6-7-11(2)15-9-14(18)17-19-16(20-21(15)17)13-8-12(13)10-22-3/h4-7,12-15H,2,8-10H2,1,3H3/b5-4-,7-6-/t12-,13+,14-,15-/m0/s1. The molecule has 4 nitrogen and oxygen atoms in total. The highest BCUT2D eigenvalue weighted by Crippen LogP contribution is 2.48. The maximum absolute atomic E-state index is 14.2. The van der Waals surface area contributed by atoms with Crippen LogP contribution in [0.3, 0.4) is 0 Å². The van der Waals surface area contributed by atoms with E-state index in [1.165, 1.54) is 0 Å². The van der Waals surface area contributed by atoms with Crippen molar-refractivity contribution < 1.29 is 9.13 Å². The highest BCUT2D eigenvalue weighted by Gasteiger charge is 2.44. The molecule has 22 heavy (non-hydrogen) atoms. The molecular weight excluding hydrogens is 281 g/mol. The fourth-order valence-corrected chi connectivity index (χ4v) is 3.03. The smallest absolute Gasteiger partial charge is 0.162 e. The van der Waals surface area contributed by atoms with E-state index in [1.807, 2.05) is 31.2 Å². The van der Waals surface area contributed by atoms with Crippen molar-refractivity contribution in [3.05, 3.63) is 48.1 Å². The molecule has 1 aromatic rings. The molecule has 118 valence electrons. The van der Waals surface area contributed by atoms with Gasteiger partial charge in [-0.05, 0) is 24.8 Å². The van der Waals surface area contributed by atoms with Crippen molar-refractivity contribution in [3.63, 3.8) is 0 Å². The molecule has 0 bridgehead atoms. The van der Waals surface area contributed by atoms with Gasteiger partial charge in [-0.2, -0.15) is 5.10 Å². The van der Waals surface area contributed by atoms with Gasteiger partial charge >= 0.3 is 0 Å². The summed E-state index contributed by atoms with van der Waals surface area (Å²) in [6, 6.07) is -0.132. The van der Waals surface area contributed by atoms with Crippen molar-refractivity contribution in [3.8, 4) is 0 Å². The van der Waals surface area contributed by atoms with E-state index in [0.29, 0.717) is 24.1 Å². The van der Waals surface area contributed by atoms with E-state index in [4.69, 9.17) is 4.74 Å². The van der Waals surface area contributed by atoms with Crippen LogP contribution in [0.4, 0.5) is 4.39 Å². The summed E-state index contributed by atoms with van der Waals surface area (Å²) < 4.78 is 21.1. The van der Waals surface area contributed by atoms with Crippen LogP contribution >= 0.6 is 0 Å². The number of fused-ring (bicyclic) bond motifs is 1. The van der Waals surface area contributed by atoms with Crippen molar-refractivity contribution in [1.29, 1.82) is 0 Å². The Morgan fingerprint density at radius 3 is 3.00 bits per heavy atom. The van der Waals surface area contributed by atoms with Crippen LogP contribution in [0.2, 0.25) is 0 Å². The SMILES string of the molecule is C=C(/C=C\C=C/C)[C@@H]1C[C@H](F)c2nc([C@@H]3C[C@H]3COC)nn21. The van der Waals surface area contributed by atoms with Gasteiger partial charge in [0.2, 0.25) is 0 Å². The number of hydrogen-bond acceptors (Lipinski definition) is 3. The largest absolute Gasteiger partial charge is 0.384 e. The summed E-state index contributed by atoms with van der Waals surface area (Å²) in [4.78, 5) is 4.44. The predicted molar refractivity (Wildman–Crippen MR) is 83.3 cm³/mol. The minimum Gasteiger partial charge on any atom is -0.384 e. The first kappa shape index (κ1) is 15.2. The molecule has 5 heteroatoms. The summed E-state index contributed by atoms with van der Waals surface area (Å²) in [6.45, 7) is 6.73. The molecule has 0 radical (unpaired) electrons. The fraction of sp³-hybridized carbons (Fsp3) is 0.529. The summed E-state index contributed by atoms with van der Waals surface area (Å²) in [5.41, 5.74) is 0.861. The van der Waals surface area contributed by atoms with E-state index >= 15 is 0 Å². The Balaban J connectivity index is 1.77. The van der Waals surface area contributed by atoms with Crippen LogP contribution in [0.5, 0.6) is 0 Å². The number of rotatable bonds is 6. The van der Waals surface area contributed by atoms with E-state index in [0.717, 1.165) is 24.4 Å².